The van der Waals surface area contributed by atoms with Crippen LogP contribution in [0.3, 0.4) is 0 Å². The molecule has 0 spiro atoms. The lowest BCUT2D eigenvalue weighted by atomic mass is 10.0. The molecule has 0 saturated carbocycles. The second-order valence-electron chi connectivity index (χ2n) is 9.82. The first-order valence-electron chi connectivity index (χ1n) is 13.6. The fourth-order valence-electron chi connectivity index (χ4n) is 4.77. The van der Waals surface area contributed by atoms with E-state index in [1.807, 2.05) is 12.3 Å². The molecule has 3 unspecified atom stereocenters. The van der Waals surface area contributed by atoms with Gasteiger partial charge in [0.2, 0.25) is 0 Å². The smallest absolute Gasteiger partial charge is 0.184 e. The number of hydrogen-bond acceptors (Lipinski definition) is 7. The van der Waals surface area contributed by atoms with E-state index in [0.29, 0.717) is 49.1 Å². The topological polar surface area (TPSA) is 106 Å². The van der Waals surface area contributed by atoms with E-state index < -0.39 is 12.4 Å². The summed E-state index contributed by atoms with van der Waals surface area (Å²) in [5, 5.41) is 23.3. The summed E-state index contributed by atoms with van der Waals surface area (Å²) in [6, 6.07) is 4.62. The van der Waals surface area contributed by atoms with Crippen molar-refractivity contribution in [2.24, 2.45) is 10.1 Å². The highest BCUT2D eigenvalue weighted by Crippen LogP contribution is 2.27. The molecule has 8 nitrogen and oxygen atoms in total. The molecular formula is C30H37FN5O3P. The first kappa shape index (κ1) is 29.6. The molecule has 2 aromatic rings. The van der Waals surface area contributed by atoms with Crippen LogP contribution in [0.1, 0.15) is 56.9 Å². The summed E-state index contributed by atoms with van der Waals surface area (Å²) in [5.74, 6) is 1.21. The van der Waals surface area contributed by atoms with E-state index in [0.717, 1.165) is 30.7 Å². The van der Waals surface area contributed by atoms with Crippen molar-refractivity contribution in [2.75, 3.05) is 6.54 Å². The van der Waals surface area contributed by atoms with Gasteiger partial charge >= 0.3 is 0 Å². The summed E-state index contributed by atoms with van der Waals surface area (Å²) in [5.41, 5.74) is 2.32. The highest BCUT2D eigenvalue weighted by Gasteiger charge is 2.21. The maximum absolute atomic E-state index is 13.6. The second-order valence-corrected chi connectivity index (χ2v) is 10.5. The Balaban J connectivity index is 1.48. The van der Waals surface area contributed by atoms with Gasteiger partial charge in [0, 0.05) is 25.9 Å². The number of rotatable bonds is 12. The van der Waals surface area contributed by atoms with E-state index in [4.69, 9.17) is 9.83 Å². The van der Waals surface area contributed by atoms with Crippen LogP contribution in [-0.2, 0) is 4.84 Å². The number of oxime groups is 1. The molecule has 10 heteroatoms. The van der Waals surface area contributed by atoms with Crippen molar-refractivity contribution in [3.63, 3.8) is 0 Å². The van der Waals surface area contributed by atoms with Gasteiger partial charge in [0.05, 0.1) is 17.1 Å². The number of nitrogens with zero attached hydrogens (tertiary/aromatic N) is 4. The molecule has 4 rings (SSSR count). The van der Waals surface area contributed by atoms with Crippen LogP contribution in [-0.4, -0.2) is 56.5 Å². The third kappa shape index (κ3) is 8.55. The van der Waals surface area contributed by atoms with Crippen LogP contribution in [0.2, 0.25) is 0 Å². The Kier molecular flexibility index (Phi) is 11.0. The minimum atomic E-state index is -1.28. The molecule has 0 fully saturated rings. The van der Waals surface area contributed by atoms with Gasteiger partial charge in [0.25, 0.3) is 0 Å². The van der Waals surface area contributed by atoms with Gasteiger partial charge in [-0.05, 0) is 73.7 Å². The number of aromatic nitrogens is 2. The molecule has 0 bridgehead atoms. The molecule has 3 N–H and O–H groups in total. The number of H-pyrrole nitrogens is 1. The lowest BCUT2D eigenvalue weighted by molar-refractivity contribution is -0.0464. The van der Waals surface area contributed by atoms with Crippen molar-refractivity contribution in [3.05, 3.63) is 89.5 Å². The van der Waals surface area contributed by atoms with Gasteiger partial charge in [-0.15, -0.1) is 14.4 Å². The zero-order valence-corrected chi connectivity index (χ0v) is 23.6. The third-order valence-corrected chi connectivity index (χ3v) is 7.30. The monoisotopic (exact) mass is 565 g/mol. The highest BCUT2D eigenvalue weighted by molar-refractivity contribution is 7.22. The van der Waals surface area contributed by atoms with Crippen molar-refractivity contribution >= 4 is 32.8 Å². The standard InChI is InChI=1S/C30H37FN5O3P/c1-32-39-27(30-34-25-15-10-22(31)20-26(25)35-30)16-9-21-6-4-5-19-36(23-11-13-24(40)14-12-23)28(33-18-17-21)7-2-3-8-29(37)38/h4-6,10-11,13-15,17-18,20,23,27,29,37-38H,1-3,7-9,12,16,19,40H2,(H,34,35)/b5-4+,18-17+,21-6-,33-28?. The maximum atomic E-state index is 13.6. The van der Waals surface area contributed by atoms with Crippen molar-refractivity contribution in [1.29, 1.82) is 0 Å². The number of unbranched alkanes of at least 4 members (excludes halogenated alkanes) is 1. The van der Waals surface area contributed by atoms with Crippen LogP contribution in [0.15, 0.2) is 88.0 Å². The number of amidine groups is 1. The Labute approximate surface area is 236 Å². The van der Waals surface area contributed by atoms with Crippen molar-refractivity contribution in [2.45, 2.75) is 63.4 Å². The number of hydrogen-bond donors (Lipinski definition) is 3. The molecule has 0 amide bonds. The van der Waals surface area contributed by atoms with Gasteiger partial charge in [0.15, 0.2) is 18.2 Å². The normalized spacial score (nSPS) is 21.4. The summed E-state index contributed by atoms with van der Waals surface area (Å²) in [7, 11) is 2.74. The Hall–Kier alpha value is -3.39. The molecule has 2 aliphatic rings. The molecule has 3 atom stereocenters. The predicted molar refractivity (Wildman–Crippen MR) is 161 cm³/mol. The SMILES string of the molecule is C=NOC(CCC1=C/C=C/CN(C2C=CC(P)=CC2)C(CCCCC(O)O)=N\C=C\1)c1nc2ccc(F)cc2[nH]1. The number of halogens is 1. The van der Waals surface area contributed by atoms with Crippen LogP contribution in [0.4, 0.5) is 4.39 Å². The zero-order valence-electron chi connectivity index (χ0n) is 22.5. The lowest BCUT2D eigenvalue weighted by Gasteiger charge is -2.33. The lowest BCUT2D eigenvalue weighted by Crippen LogP contribution is -2.39. The van der Waals surface area contributed by atoms with Crippen LogP contribution in [0, 0.1) is 5.82 Å². The molecule has 1 aliphatic carbocycles. The fourth-order valence-corrected chi connectivity index (χ4v) is 5.02. The summed E-state index contributed by atoms with van der Waals surface area (Å²) >= 11 is 0. The predicted octanol–water partition coefficient (Wildman–Crippen LogP) is 5.82. The van der Waals surface area contributed by atoms with E-state index in [9.17, 15) is 14.6 Å². The quantitative estimate of drug-likeness (QED) is 0.0988. The summed E-state index contributed by atoms with van der Waals surface area (Å²) in [6.07, 6.45) is 19.6. The number of nitrogens with one attached hydrogen (secondary N) is 1. The van der Waals surface area contributed by atoms with Gasteiger partial charge in [-0.3, -0.25) is 0 Å². The number of imidazole rings is 1. The van der Waals surface area contributed by atoms with Gasteiger partial charge in [-0.2, -0.15) is 0 Å². The van der Waals surface area contributed by atoms with Gasteiger partial charge < -0.3 is 24.9 Å². The van der Waals surface area contributed by atoms with Gasteiger partial charge in [-0.25, -0.2) is 14.4 Å². The van der Waals surface area contributed by atoms with Crippen molar-refractivity contribution < 1.29 is 19.4 Å². The summed E-state index contributed by atoms with van der Waals surface area (Å²) < 4.78 is 13.6. The minimum Gasteiger partial charge on any atom is -0.385 e. The van der Waals surface area contributed by atoms with Crippen LogP contribution in [0.5, 0.6) is 0 Å². The molecule has 0 saturated heterocycles. The number of allylic oxidation sites excluding steroid dienone is 6. The van der Waals surface area contributed by atoms with Crippen molar-refractivity contribution in [3.8, 4) is 0 Å². The van der Waals surface area contributed by atoms with Crippen molar-refractivity contribution in [1.82, 2.24) is 14.9 Å². The average Bonchev–Trinajstić information content (AvgIpc) is 3.36. The number of aliphatic hydroxyl groups excluding tert-OH is 1. The average molecular weight is 566 g/mol. The molecule has 1 aromatic carbocycles. The van der Waals surface area contributed by atoms with E-state index in [1.165, 1.54) is 17.4 Å². The van der Waals surface area contributed by atoms with E-state index in [2.05, 4.69) is 72.4 Å². The van der Waals surface area contributed by atoms with Gasteiger partial charge in [-0.1, -0.05) is 36.5 Å². The number of fused-ring (bicyclic) bond motifs is 1. The molecular weight excluding hydrogens is 528 g/mol. The first-order chi connectivity index (χ1) is 19.4. The molecule has 40 heavy (non-hydrogen) atoms. The molecule has 212 valence electrons. The summed E-state index contributed by atoms with van der Waals surface area (Å²) in [4.78, 5) is 20.4. The number of aliphatic imine (C=N–C) groups is 1. The van der Waals surface area contributed by atoms with E-state index in [-0.39, 0.29) is 11.9 Å². The fraction of sp³-hybridized carbons (Fsp3) is 0.367. The second kappa shape index (κ2) is 14.8. The zero-order chi connectivity index (χ0) is 28.3. The highest BCUT2D eigenvalue weighted by atomic mass is 31.0. The number of aliphatic hydroxyl groups is 2. The first-order valence-corrected chi connectivity index (χ1v) is 14.1. The number of benzene rings is 1. The van der Waals surface area contributed by atoms with Crippen LogP contribution < -0.4 is 0 Å². The van der Waals surface area contributed by atoms with Gasteiger partial charge in [0.1, 0.15) is 11.7 Å². The molecule has 2 heterocycles. The third-order valence-electron chi connectivity index (χ3n) is 6.88. The van der Waals surface area contributed by atoms with Crippen LogP contribution in [0.25, 0.3) is 11.0 Å². The molecule has 1 aromatic heterocycles. The molecule has 1 aliphatic heterocycles. The minimum absolute atomic E-state index is 0.203. The Morgan fingerprint density at radius 2 is 2.10 bits per heavy atom. The Bertz CT molecular complexity index is 1340. The summed E-state index contributed by atoms with van der Waals surface area (Å²) in [6.45, 7) is 4.17. The number of aromatic amines is 1. The Morgan fingerprint density at radius 1 is 1.23 bits per heavy atom. The Morgan fingerprint density at radius 3 is 2.88 bits per heavy atom. The van der Waals surface area contributed by atoms with E-state index >= 15 is 0 Å². The maximum Gasteiger partial charge on any atom is 0.184 e. The largest absolute Gasteiger partial charge is 0.385 e. The van der Waals surface area contributed by atoms with Crippen LogP contribution >= 0.6 is 9.24 Å². The molecule has 0 radical (unpaired) electrons. The van der Waals surface area contributed by atoms with E-state index in [1.54, 1.807) is 6.07 Å².